The van der Waals surface area contributed by atoms with E-state index in [9.17, 15) is 19.5 Å². The molecule has 0 heterocycles. The van der Waals surface area contributed by atoms with E-state index in [1.807, 2.05) is 67.6 Å². The maximum atomic E-state index is 13.1. The molecular formula is C29H32N2O4S. The van der Waals surface area contributed by atoms with Gasteiger partial charge in [0.1, 0.15) is 6.04 Å². The highest BCUT2D eigenvalue weighted by molar-refractivity contribution is 7.98. The van der Waals surface area contributed by atoms with E-state index in [1.165, 1.54) is 17.3 Å². The summed E-state index contributed by atoms with van der Waals surface area (Å²) in [4.78, 5) is 38.9. The van der Waals surface area contributed by atoms with E-state index in [0.29, 0.717) is 17.7 Å². The van der Waals surface area contributed by atoms with E-state index in [2.05, 4.69) is 17.4 Å². The minimum Gasteiger partial charge on any atom is -0.480 e. The molecule has 3 aromatic carbocycles. The number of imide groups is 1. The Morgan fingerprint density at radius 1 is 0.833 bits per heavy atom. The molecule has 0 fully saturated rings. The third kappa shape index (κ3) is 8.27. The Balaban J connectivity index is 1.59. The zero-order chi connectivity index (χ0) is 25.8. The van der Waals surface area contributed by atoms with Gasteiger partial charge in [0.25, 0.3) is 5.91 Å². The molecule has 0 radical (unpaired) electrons. The Kier molecular flexibility index (Phi) is 10.6. The summed E-state index contributed by atoms with van der Waals surface area (Å²) in [6, 6.07) is 25.4. The number of urea groups is 1. The molecule has 2 N–H and O–H groups in total. The van der Waals surface area contributed by atoms with Crippen LogP contribution < -0.4 is 5.32 Å². The summed E-state index contributed by atoms with van der Waals surface area (Å²) in [5.41, 5.74) is 3.82. The fourth-order valence-electron chi connectivity index (χ4n) is 3.69. The SMILES string of the molecule is CCCN(C(=O)NC(CSCc1ccccc1)C(=O)O)C(=O)c1ccc(CCc2ccccc2)cc1. The van der Waals surface area contributed by atoms with Gasteiger partial charge in [-0.15, -0.1) is 0 Å². The number of thioether (sulfide) groups is 1. The minimum absolute atomic E-state index is 0.195. The monoisotopic (exact) mass is 504 g/mol. The molecule has 0 aliphatic rings. The van der Waals surface area contributed by atoms with Crippen LogP contribution in [0.5, 0.6) is 0 Å². The van der Waals surface area contributed by atoms with Crippen LogP contribution in [-0.2, 0) is 23.4 Å². The highest BCUT2D eigenvalue weighted by atomic mass is 32.2. The number of carbonyl (C=O) groups is 3. The molecule has 0 aliphatic heterocycles. The summed E-state index contributed by atoms with van der Waals surface area (Å²) in [5.74, 6) is -0.741. The molecule has 0 saturated heterocycles. The summed E-state index contributed by atoms with van der Waals surface area (Å²) in [7, 11) is 0. The van der Waals surface area contributed by atoms with E-state index in [1.54, 1.807) is 12.1 Å². The van der Waals surface area contributed by atoms with Crippen LogP contribution in [0.15, 0.2) is 84.9 Å². The van der Waals surface area contributed by atoms with Gasteiger partial charge < -0.3 is 10.4 Å². The molecule has 0 aliphatic carbocycles. The van der Waals surface area contributed by atoms with Gasteiger partial charge in [0.15, 0.2) is 0 Å². The Labute approximate surface area is 216 Å². The lowest BCUT2D eigenvalue weighted by atomic mass is 10.0. The largest absolute Gasteiger partial charge is 0.480 e. The van der Waals surface area contributed by atoms with Crippen LogP contribution in [0.4, 0.5) is 4.79 Å². The molecule has 3 rings (SSSR count). The second-order valence-electron chi connectivity index (χ2n) is 8.48. The minimum atomic E-state index is -1.13. The molecule has 1 atom stereocenters. The Morgan fingerprint density at radius 2 is 1.39 bits per heavy atom. The van der Waals surface area contributed by atoms with Gasteiger partial charge in [0.2, 0.25) is 0 Å². The molecule has 0 aromatic heterocycles. The Bertz CT molecular complexity index is 1120. The third-order valence-electron chi connectivity index (χ3n) is 5.68. The second kappa shape index (κ2) is 14.1. The zero-order valence-corrected chi connectivity index (χ0v) is 21.2. The molecule has 0 saturated carbocycles. The van der Waals surface area contributed by atoms with Crippen molar-refractivity contribution in [1.29, 1.82) is 0 Å². The van der Waals surface area contributed by atoms with Gasteiger partial charge in [-0.25, -0.2) is 9.59 Å². The van der Waals surface area contributed by atoms with Crippen LogP contribution in [0, 0.1) is 0 Å². The summed E-state index contributed by atoms with van der Waals surface area (Å²) in [5, 5.41) is 12.2. The number of rotatable bonds is 12. The topological polar surface area (TPSA) is 86.7 Å². The van der Waals surface area contributed by atoms with Gasteiger partial charge in [-0.2, -0.15) is 11.8 Å². The average molecular weight is 505 g/mol. The average Bonchev–Trinajstić information content (AvgIpc) is 2.91. The standard InChI is InChI=1S/C29H32N2O4S/c1-2-19-31(29(35)30-26(28(33)34)21-36-20-24-11-7-4-8-12-24)27(32)25-17-15-23(16-18-25)14-13-22-9-5-3-6-10-22/h3-12,15-18,26H,2,13-14,19-21H2,1H3,(H,30,35)(H,33,34). The first-order valence-electron chi connectivity index (χ1n) is 12.1. The van der Waals surface area contributed by atoms with Crippen molar-refractivity contribution >= 4 is 29.7 Å². The van der Waals surface area contributed by atoms with Gasteiger partial charge >= 0.3 is 12.0 Å². The van der Waals surface area contributed by atoms with Crippen LogP contribution >= 0.6 is 11.8 Å². The maximum Gasteiger partial charge on any atom is 0.327 e. The second-order valence-corrected chi connectivity index (χ2v) is 9.51. The Hall–Kier alpha value is -3.58. The first-order chi connectivity index (χ1) is 17.5. The number of hydrogen-bond acceptors (Lipinski definition) is 4. The third-order valence-corrected chi connectivity index (χ3v) is 6.78. The van der Waals surface area contributed by atoms with E-state index in [4.69, 9.17) is 0 Å². The molecule has 0 spiro atoms. The molecule has 3 amide bonds. The van der Waals surface area contributed by atoms with Crippen molar-refractivity contribution in [3.63, 3.8) is 0 Å². The molecule has 3 aromatic rings. The molecule has 188 valence electrons. The van der Waals surface area contributed by atoms with E-state index < -0.39 is 23.9 Å². The summed E-state index contributed by atoms with van der Waals surface area (Å²) < 4.78 is 0. The number of amides is 3. The first-order valence-corrected chi connectivity index (χ1v) is 13.2. The molecule has 0 bridgehead atoms. The zero-order valence-electron chi connectivity index (χ0n) is 20.4. The van der Waals surface area contributed by atoms with Gasteiger partial charge in [-0.1, -0.05) is 79.7 Å². The number of benzene rings is 3. The van der Waals surface area contributed by atoms with Crippen LogP contribution in [0.2, 0.25) is 0 Å². The fraction of sp³-hybridized carbons (Fsp3) is 0.276. The number of hydrogen-bond donors (Lipinski definition) is 2. The summed E-state index contributed by atoms with van der Waals surface area (Å²) >= 11 is 1.42. The molecule has 6 nitrogen and oxygen atoms in total. The van der Waals surface area contributed by atoms with Gasteiger partial charge in [0.05, 0.1) is 0 Å². The number of aryl methyl sites for hydroxylation is 2. The highest BCUT2D eigenvalue weighted by Crippen LogP contribution is 2.15. The molecule has 36 heavy (non-hydrogen) atoms. The van der Waals surface area contributed by atoms with Gasteiger partial charge in [-0.05, 0) is 48.1 Å². The van der Waals surface area contributed by atoms with E-state index in [0.717, 1.165) is 28.9 Å². The van der Waals surface area contributed by atoms with Crippen LogP contribution in [0.3, 0.4) is 0 Å². The van der Waals surface area contributed by atoms with Crippen molar-refractivity contribution in [3.05, 3.63) is 107 Å². The number of nitrogens with zero attached hydrogens (tertiary/aromatic N) is 1. The molecule has 1 unspecified atom stereocenters. The van der Waals surface area contributed by atoms with Crippen LogP contribution in [-0.4, -0.2) is 46.3 Å². The highest BCUT2D eigenvalue weighted by Gasteiger charge is 2.27. The number of carboxylic acids is 1. The van der Waals surface area contributed by atoms with Gasteiger partial charge in [-0.3, -0.25) is 9.69 Å². The number of carbonyl (C=O) groups excluding carboxylic acids is 2. The summed E-state index contributed by atoms with van der Waals surface area (Å²) in [6.07, 6.45) is 2.31. The predicted molar refractivity (Wildman–Crippen MR) is 144 cm³/mol. The van der Waals surface area contributed by atoms with Crippen LogP contribution in [0.25, 0.3) is 0 Å². The van der Waals surface area contributed by atoms with E-state index >= 15 is 0 Å². The smallest absolute Gasteiger partial charge is 0.327 e. The van der Waals surface area contributed by atoms with Gasteiger partial charge in [0, 0.05) is 23.6 Å². The molecular weight excluding hydrogens is 472 g/mol. The van der Waals surface area contributed by atoms with Crippen molar-refractivity contribution in [1.82, 2.24) is 10.2 Å². The van der Waals surface area contributed by atoms with Crippen molar-refractivity contribution in [2.75, 3.05) is 12.3 Å². The quantitative estimate of drug-likeness (QED) is 0.344. The number of aliphatic carboxylic acids is 1. The number of carboxylic acid groups (broad SMARTS) is 1. The van der Waals surface area contributed by atoms with E-state index in [-0.39, 0.29) is 12.3 Å². The first kappa shape index (κ1) is 27.0. The summed E-state index contributed by atoms with van der Waals surface area (Å²) in [6.45, 7) is 2.06. The van der Waals surface area contributed by atoms with Crippen LogP contribution in [0.1, 0.15) is 40.4 Å². The molecule has 7 heteroatoms. The van der Waals surface area contributed by atoms with Crippen molar-refractivity contribution in [3.8, 4) is 0 Å². The number of nitrogens with one attached hydrogen (secondary N) is 1. The lowest BCUT2D eigenvalue weighted by molar-refractivity contribution is -0.138. The lowest BCUT2D eigenvalue weighted by Crippen LogP contribution is -2.51. The van der Waals surface area contributed by atoms with Crippen molar-refractivity contribution in [2.45, 2.75) is 38.0 Å². The maximum absolute atomic E-state index is 13.1. The lowest BCUT2D eigenvalue weighted by Gasteiger charge is -2.23. The van der Waals surface area contributed by atoms with Crippen molar-refractivity contribution < 1.29 is 19.5 Å². The Morgan fingerprint density at radius 3 is 1.94 bits per heavy atom. The normalized spacial score (nSPS) is 11.5. The predicted octanol–water partition coefficient (Wildman–Crippen LogP) is 5.42. The fourth-order valence-corrected chi connectivity index (χ4v) is 4.70. The van der Waals surface area contributed by atoms with Crippen molar-refractivity contribution in [2.24, 2.45) is 0 Å².